The maximum atomic E-state index is 2.34. The van der Waals surface area contributed by atoms with Crippen LogP contribution in [0.4, 0.5) is 0 Å². The first-order valence-electron chi connectivity index (χ1n) is 3.18. The zero-order valence-corrected chi connectivity index (χ0v) is 13.5. The SMILES string of the molecule is C[CH2][Ti+]([CH2]C)[CH2]C.[Al+3].[Cl-].[Cl-].[Cl-].[Cl-]. The molecule has 6 heteroatoms. The Kier molecular flexibility index (Phi) is 89.2. The molecule has 0 aliphatic rings. The van der Waals surface area contributed by atoms with Crippen molar-refractivity contribution in [2.75, 3.05) is 0 Å². The molecule has 0 bridgehead atoms. The van der Waals surface area contributed by atoms with Crippen molar-refractivity contribution in [2.45, 2.75) is 34.9 Å². The Morgan fingerprint density at radius 1 is 0.667 bits per heavy atom. The normalized spacial score (nSPS) is 5.25. The summed E-state index contributed by atoms with van der Waals surface area (Å²) in [4.78, 5) is 0. The summed E-state index contributed by atoms with van der Waals surface area (Å²) in [6, 6.07) is 0. The van der Waals surface area contributed by atoms with Gasteiger partial charge in [0.2, 0.25) is 0 Å². The number of hydrogen-bond acceptors (Lipinski definition) is 0. The van der Waals surface area contributed by atoms with Gasteiger partial charge in [0, 0.05) is 0 Å². The Morgan fingerprint density at radius 3 is 0.833 bits per heavy atom. The molecule has 0 aliphatic carbocycles. The first kappa shape index (κ1) is 36.6. The van der Waals surface area contributed by atoms with Crippen LogP contribution in [-0.2, 0) is 17.9 Å². The van der Waals surface area contributed by atoms with Gasteiger partial charge < -0.3 is 49.6 Å². The van der Waals surface area contributed by atoms with E-state index in [2.05, 4.69) is 20.8 Å². The van der Waals surface area contributed by atoms with Crippen molar-refractivity contribution < 1.29 is 67.5 Å². The monoisotopic (exact) mass is 302 g/mol. The molecule has 0 atom stereocenters. The second kappa shape index (κ2) is 29.2. The van der Waals surface area contributed by atoms with Crippen LogP contribution in [0.1, 0.15) is 20.8 Å². The van der Waals surface area contributed by atoms with E-state index in [1.165, 1.54) is 14.2 Å². The van der Waals surface area contributed by atoms with Crippen LogP contribution in [0.15, 0.2) is 0 Å². The molecule has 0 spiro atoms. The molecular weight excluding hydrogens is 289 g/mol. The second-order valence-electron chi connectivity index (χ2n) is 1.81. The Bertz CT molecular complexity index is 41.0. The van der Waals surface area contributed by atoms with Gasteiger partial charge in [-0.25, -0.2) is 0 Å². The summed E-state index contributed by atoms with van der Waals surface area (Å²) in [6.45, 7) is 7.01. The molecule has 0 fully saturated rings. The van der Waals surface area contributed by atoms with E-state index in [0.717, 1.165) is 0 Å². The van der Waals surface area contributed by atoms with E-state index in [9.17, 15) is 0 Å². The van der Waals surface area contributed by atoms with Crippen LogP contribution in [-0.4, -0.2) is 17.4 Å². The molecule has 0 heterocycles. The summed E-state index contributed by atoms with van der Waals surface area (Å²) in [5.74, 6) is 0. The Morgan fingerprint density at radius 2 is 0.833 bits per heavy atom. The van der Waals surface area contributed by atoms with E-state index in [1.54, 1.807) is 0 Å². The molecule has 0 saturated heterocycles. The van der Waals surface area contributed by atoms with Crippen molar-refractivity contribution in [2.24, 2.45) is 0 Å². The largest absolute Gasteiger partial charge is 3.00 e. The van der Waals surface area contributed by atoms with E-state index in [-0.39, 0.29) is 67.0 Å². The standard InChI is InChI=1S/3C2H5.Al.4ClH.Ti/c3*1-2;;;;;;/h3*1H2,2H3;;4*1H;/q;;;+3;;;;;+1/p-4. The minimum atomic E-state index is -0.403. The van der Waals surface area contributed by atoms with Gasteiger partial charge in [0.15, 0.2) is 0 Å². The summed E-state index contributed by atoms with van der Waals surface area (Å²) >= 11 is -0.403. The van der Waals surface area contributed by atoms with Gasteiger partial charge in [-0.1, -0.05) is 0 Å². The average molecular weight is 304 g/mol. The van der Waals surface area contributed by atoms with Gasteiger partial charge in [0.05, 0.1) is 0 Å². The van der Waals surface area contributed by atoms with Crippen molar-refractivity contribution in [3.8, 4) is 0 Å². The predicted molar refractivity (Wildman–Crippen MR) is 37.2 cm³/mol. The maximum absolute atomic E-state index is 2.34. The third kappa shape index (κ3) is 22.8. The topological polar surface area (TPSA) is 0 Å². The average Bonchev–Trinajstić information content (AvgIpc) is 1.72. The van der Waals surface area contributed by atoms with Crippen molar-refractivity contribution >= 4 is 17.4 Å². The van der Waals surface area contributed by atoms with E-state index in [1.807, 2.05) is 0 Å². The number of halogens is 4. The molecule has 0 rings (SSSR count). The number of rotatable bonds is 3. The third-order valence-electron chi connectivity index (χ3n) is 1.50. The fourth-order valence-electron chi connectivity index (χ4n) is 0.750. The van der Waals surface area contributed by atoms with E-state index >= 15 is 0 Å². The van der Waals surface area contributed by atoms with Gasteiger partial charge in [-0.05, 0) is 0 Å². The van der Waals surface area contributed by atoms with Crippen LogP contribution in [0.2, 0.25) is 14.2 Å². The molecule has 0 amide bonds. The zero-order valence-electron chi connectivity index (χ0n) is 7.71. The molecule has 0 aromatic carbocycles. The molecule has 0 radical (unpaired) electrons. The van der Waals surface area contributed by atoms with E-state index in [0.29, 0.717) is 0 Å². The zero-order chi connectivity index (χ0) is 5.70. The van der Waals surface area contributed by atoms with Crippen molar-refractivity contribution in [3.63, 3.8) is 0 Å². The van der Waals surface area contributed by atoms with Crippen LogP contribution in [0.25, 0.3) is 0 Å². The fourth-order valence-corrected chi connectivity index (χ4v) is 3.09. The van der Waals surface area contributed by atoms with Gasteiger partial charge in [-0.3, -0.25) is 0 Å². The Labute approximate surface area is 119 Å². The van der Waals surface area contributed by atoms with Gasteiger partial charge in [-0.2, -0.15) is 0 Å². The van der Waals surface area contributed by atoms with Crippen molar-refractivity contribution in [1.29, 1.82) is 0 Å². The van der Waals surface area contributed by atoms with Crippen LogP contribution in [0.3, 0.4) is 0 Å². The summed E-state index contributed by atoms with van der Waals surface area (Å²) in [6.07, 6.45) is 0. The molecular formula is C6H15AlCl4Ti. The van der Waals surface area contributed by atoms with Crippen molar-refractivity contribution in [1.82, 2.24) is 0 Å². The molecule has 0 aromatic rings. The Hall–Kier alpha value is 2.41. The second-order valence-corrected chi connectivity index (χ2v) is 7.47. The summed E-state index contributed by atoms with van der Waals surface area (Å²) < 4.78 is 4.56. The molecule has 0 N–H and O–H groups in total. The minimum absolute atomic E-state index is 0. The van der Waals surface area contributed by atoms with Gasteiger partial charge in [0.1, 0.15) is 0 Å². The van der Waals surface area contributed by atoms with E-state index < -0.39 is 17.9 Å². The molecule has 0 aliphatic heterocycles. The van der Waals surface area contributed by atoms with Gasteiger partial charge in [0.25, 0.3) is 0 Å². The van der Waals surface area contributed by atoms with Gasteiger partial charge >= 0.3 is 70.2 Å². The minimum Gasteiger partial charge on any atom is -1.00 e. The molecule has 12 heavy (non-hydrogen) atoms. The summed E-state index contributed by atoms with van der Waals surface area (Å²) in [5.41, 5.74) is 0. The fraction of sp³-hybridized carbons (Fsp3) is 1.00. The van der Waals surface area contributed by atoms with Crippen LogP contribution < -0.4 is 49.6 Å². The Balaban J connectivity index is -0.0000000180. The van der Waals surface area contributed by atoms with E-state index in [4.69, 9.17) is 0 Å². The molecule has 0 unspecified atom stereocenters. The quantitative estimate of drug-likeness (QED) is 0.454. The van der Waals surface area contributed by atoms with Gasteiger partial charge in [-0.15, -0.1) is 0 Å². The van der Waals surface area contributed by atoms with Crippen LogP contribution in [0, 0.1) is 0 Å². The third-order valence-corrected chi connectivity index (χ3v) is 6.18. The molecule has 0 nitrogen and oxygen atoms in total. The first-order valence-corrected chi connectivity index (χ1v) is 6.49. The smallest absolute Gasteiger partial charge is 1.00 e. The number of hydrogen-bond donors (Lipinski definition) is 0. The molecule has 0 aromatic heterocycles. The summed E-state index contributed by atoms with van der Waals surface area (Å²) in [7, 11) is 0. The predicted octanol–water partition coefficient (Wildman–Crippen LogP) is -9.45. The molecule has 0 saturated carbocycles. The summed E-state index contributed by atoms with van der Waals surface area (Å²) in [5, 5.41) is 0. The first-order chi connectivity index (χ1) is 3.35. The maximum Gasteiger partial charge on any atom is 3.00 e. The van der Waals surface area contributed by atoms with Crippen LogP contribution >= 0.6 is 0 Å². The molecule has 74 valence electrons. The van der Waals surface area contributed by atoms with Crippen LogP contribution in [0.5, 0.6) is 0 Å². The van der Waals surface area contributed by atoms with Crippen molar-refractivity contribution in [3.05, 3.63) is 0 Å².